The molecule has 1 atom stereocenters. The summed E-state index contributed by atoms with van der Waals surface area (Å²) in [6.07, 6.45) is 4.07. The number of rotatable bonds is 4. The number of nitrogens with one attached hydrogen (secondary N) is 2. The van der Waals surface area contributed by atoms with Gasteiger partial charge in [0, 0.05) is 18.9 Å². The minimum absolute atomic E-state index is 0.142. The molecule has 112 valence electrons. The summed E-state index contributed by atoms with van der Waals surface area (Å²) < 4.78 is 0. The van der Waals surface area contributed by atoms with Gasteiger partial charge in [0.05, 0.1) is 11.0 Å². The molecule has 0 spiro atoms. The molecule has 0 bridgehead atoms. The molecule has 2 aromatic rings. The first-order valence-corrected chi connectivity index (χ1v) is 7.77. The number of amides is 1. The van der Waals surface area contributed by atoms with E-state index in [0.29, 0.717) is 6.54 Å². The number of carbonyl (C=O) groups is 1. The Balaban J connectivity index is 1.55. The van der Waals surface area contributed by atoms with Crippen molar-refractivity contribution < 1.29 is 4.79 Å². The standard InChI is InChI=1S/C17H23N3O/c1-17(2)10-5-6-12(17)16(21)18-11-9-15-19-13-7-3-4-8-14(13)20-15/h3-4,7-8,12H,5-6,9-11H2,1-2H3,(H,18,21)(H,19,20). The van der Waals surface area contributed by atoms with Crippen molar-refractivity contribution in [1.82, 2.24) is 15.3 Å². The van der Waals surface area contributed by atoms with E-state index in [1.165, 1.54) is 0 Å². The van der Waals surface area contributed by atoms with Crippen molar-refractivity contribution in [2.24, 2.45) is 11.3 Å². The molecule has 1 amide bonds. The first-order valence-electron chi connectivity index (χ1n) is 7.77. The SMILES string of the molecule is CC1(C)CCCC1C(=O)NCCc1nc2ccccc2[nH]1. The van der Waals surface area contributed by atoms with Gasteiger partial charge in [-0.15, -0.1) is 0 Å². The van der Waals surface area contributed by atoms with Crippen LogP contribution in [0.4, 0.5) is 0 Å². The Hall–Kier alpha value is -1.84. The van der Waals surface area contributed by atoms with E-state index in [1.807, 2.05) is 24.3 Å². The number of aromatic amines is 1. The predicted octanol–water partition coefficient (Wildman–Crippen LogP) is 3.05. The lowest BCUT2D eigenvalue weighted by Crippen LogP contribution is -2.37. The summed E-state index contributed by atoms with van der Waals surface area (Å²) >= 11 is 0. The molecule has 1 saturated carbocycles. The Morgan fingerprint density at radius 1 is 1.43 bits per heavy atom. The number of benzene rings is 1. The number of carbonyl (C=O) groups excluding carboxylic acids is 1. The smallest absolute Gasteiger partial charge is 0.223 e. The highest BCUT2D eigenvalue weighted by Gasteiger charge is 2.38. The lowest BCUT2D eigenvalue weighted by molar-refractivity contribution is -0.127. The summed E-state index contributed by atoms with van der Waals surface area (Å²) in [6, 6.07) is 7.99. The Labute approximate surface area is 125 Å². The van der Waals surface area contributed by atoms with Crippen LogP contribution in [0.2, 0.25) is 0 Å². The Morgan fingerprint density at radius 3 is 2.95 bits per heavy atom. The molecular weight excluding hydrogens is 262 g/mol. The molecule has 1 fully saturated rings. The summed E-state index contributed by atoms with van der Waals surface area (Å²) in [5, 5.41) is 3.07. The highest BCUT2D eigenvalue weighted by Crippen LogP contribution is 2.42. The molecule has 1 aliphatic carbocycles. The van der Waals surface area contributed by atoms with Gasteiger partial charge in [-0.25, -0.2) is 4.98 Å². The fourth-order valence-electron chi connectivity index (χ4n) is 3.36. The van der Waals surface area contributed by atoms with Crippen molar-refractivity contribution in [3.8, 4) is 0 Å². The first-order chi connectivity index (χ1) is 10.1. The molecule has 1 unspecified atom stereocenters. The maximum Gasteiger partial charge on any atom is 0.223 e. The average molecular weight is 285 g/mol. The fraction of sp³-hybridized carbons (Fsp3) is 0.529. The molecule has 1 heterocycles. The number of para-hydroxylation sites is 2. The Morgan fingerprint density at radius 2 is 2.24 bits per heavy atom. The molecular formula is C17H23N3O. The van der Waals surface area contributed by atoms with Crippen molar-refractivity contribution in [2.45, 2.75) is 39.5 Å². The van der Waals surface area contributed by atoms with Gasteiger partial charge >= 0.3 is 0 Å². The van der Waals surface area contributed by atoms with Gasteiger partial charge in [0.2, 0.25) is 5.91 Å². The van der Waals surface area contributed by atoms with Gasteiger partial charge in [0.15, 0.2) is 0 Å². The van der Waals surface area contributed by atoms with Crippen LogP contribution >= 0.6 is 0 Å². The van der Waals surface area contributed by atoms with Crippen LogP contribution in [0.25, 0.3) is 11.0 Å². The zero-order chi connectivity index (χ0) is 14.9. The Bertz CT molecular complexity index is 611. The van der Waals surface area contributed by atoms with E-state index in [2.05, 4.69) is 29.1 Å². The second kappa shape index (κ2) is 5.51. The lowest BCUT2D eigenvalue weighted by atomic mass is 9.81. The molecule has 0 saturated heterocycles. The van der Waals surface area contributed by atoms with Crippen molar-refractivity contribution in [3.05, 3.63) is 30.1 Å². The number of nitrogens with zero attached hydrogens (tertiary/aromatic N) is 1. The molecule has 4 heteroatoms. The van der Waals surface area contributed by atoms with Gasteiger partial charge < -0.3 is 10.3 Å². The van der Waals surface area contributed by atoms with Gasteiger partial charge in [0.25, 0.3) is 0 Å². The number of imidazole rings is 1. The van der Waals surface area contributed by atoms with E-state index in [0.717, 1.165) is 42.5 Å². The van der Waals surface area contributed by atoms with E-state index in [-0.39, 0.29) is 17.2 Å². The molecule has 2 N–H and O–H groups in total. The van der Waals surface area contributed by atoms with Crippen molar-refractivity contribution >= 4 is 16.9 Å². The van der Waals surface area contributed by atoms with Crippen LogP contribution in [-0.4, -0.2) is 22.4 Å². The molecule has 1 aromatic carbocycles. The third kappa shape index (κ3) is 2.94. The predicted molar refractivity (Wildman–Crippen MR) is 83.9 cm³/mol. The summed E-state index contributed by atoms with van der Waals surface area (Å²) in [5.41, 5.74) is 2.18. The summed E-state index contributed by atoms with van der Waals surface area (Å²) in [4.78, 5) is 20.1. The monoisotopic (exact) mass is 285 g/mol. The second-order valence-electron chi connectivity index (χ2n) is 6.68. The summed E-state index contributed by atoms with van der Waals surface area (Å²) in [6.45, 7) is 5.04. The molecule has 0 radical (unpaired) electrons. The largest absolute Gasteiger partial charge is 0.355 e. The third-order valence-corrected chi connectivity index (χ3v) is 4.67. The van der Waals surface area contributed by atoms with Crippen molar-refractivity contribution in [2.75, 3.05) is 6.54 Å². The maximum absolute atomic E-state index is 12.3. The highest BCUT2D eigenvalue weighted by atomic mass is 16.1. The number of hydrogen-bond donors (Lipinski definition) is 2. The number of H-pyrrole nitrogens is 1. The first kappa shape index (κ1) is 14.1. The fourth-order valence-corrected chi connectivity index (χ4v) is 3.36. The van der Waals surface area contributed by atoms with Crippen LogP contribution in [0, 0.1) is 11.3 Å². The third-order valence-electron chi connectivity index (χ3n) is 4.67. The molecule has 4 nitrogen and oxygen atoms in total. The number of aromatic nitrogens is 2. The number of hydrogen-bond acceptors (Lipinski definition) is 2. The normalized spacial score (nSPS) is 20.8. The van der Waals surface area contributed by atoms with Gasteiger partial charge in [0.1, 0.15) is 5.82 Å². The number of fused-ring (bicyclic) bond motifs is 1. The van der Waals surface area contributed by atoms with Crippen molar-refractivity contribution in [1.29, 1.82) is 0 Å². The van der Waals surface area contributed by atoms with Crippen molar-refractivity contribution in [3.63, 3.8) is 0 Å². The lowest BCUT2D eigenvalue weighted by Gasteiger charge is -2.25. The van der Waals surface area contributed by atoms with Crippen LogP contribution in [0.1, 0.15) is 38.9 Å². The van der Waals surface area contributed by atoms with Gasteiger partial charge in [-0.2, -0.15) is 0 Å². The minimum Gasteiger partial charge on any atom is -0.355 e. The van der Waals surface area contributed by atoms with Crippen LogP contribution < -0.4 is 5.32 Å². The molecule has 0 aliphatic heterocycles. The van der Waals surface area contributed by atoms with E-state index >= 15 is 0 Å². The quantitative estimate of drug-likeness (QED) is 0.907. The average Bonchev–Trinajstić information content (AvgIpc) is 3.00. The van der Waals surface area contributed by atoms with Crippen LogP contribution in [0.15, 0.2) is 24.3 Å². The summed E-state index contributed by atoms with van der Waals surface area (Å²) in [7, 11) is 0. The zero-order valence-corrected chi connectivity index (χ0v) is 12.8. The van der Waals surface area contributed by atoms with E-state index in [1.54, 1.807) is 0 Å². The van der Waals surface area contributed by atoms with E-state index in [4.69, 9.17) is 0 Å². The Kier molecular flexibility index (Phi) is 3.70. The van der Waals surface area contributed by atoms with E-state index in [9.17, 15) is 4.79 Å². The van der Waals surface area contributed by atoms with Crippen LogP contribution in [0.5, 0.6) is 0 Å². The molecule has 1 aromatic heterocycles. The van der Waals surface area contributed by atoms with Gasteiger partial charge in [-0.3, -0.25) is 4.79 Å². The topological polar surface area (TPSA) is 57.8 Å². The van der Waals surface area contributed by atoms with Gasteiger partial charge in [-0.1, -0.05) is 32.4 Å². The van der Waals surface area contributed by atoms with Gasteiger partial charge in [-0.05, 0) is 30.4 Å². The highest BCUT2D eigenvalue weighted by molar-refractivity contribution is 5.79. The maximum atomic E-state index is 12.3. The van der Waals surface area contributed by atoms with E-state index < -0.39 is 0 Å². The molecule has 3 rings (SSSR count). The van der Waals surface area contributed by atoms with Crippen LogP contribution in [-0.2, 0) is 11.2 Å². The summed E-state index contributed by atoms with van der Waals surface area (Å²) in [5.74, 6) is 1.30. The minimum atomic E-state index is 0.142. The zero-order valence-electron chi connectivity index (χ0n) is 12.8. The second-order valence-corrected chi connectivity index (χ2v) is 6.68. The molecule has 1 aliphatic rings. The molecule has 21 heavy (non-hydrogen) atoms. The van der Waals surface area contributed by atoms with Crippen LogP contribution in [0.3, 0.4) is 0 Å².